The van der Waals surface area contributed by atoms with Gasteiger partial charge in [0.1, 0.15) is 0 Å². The van der Waals surface area contributed by atoms with Crippen molar-refractivity contribution in [2.75, 3.05) is 20.1 Å². The van der Waals surface area contributed by atoms with Crippen LogP contribution in [-0.4, -0.2) is 30.9 Å². The highest BCUT2D eigenvalue weighted by Gasteiger charge is 2.25. The van der Waals surface area contributed by atoms with Crippen LogP contribution in [0.5, 0.6) is 0 Å². The second-order valence-electron chi connectivity index (χ2n) is 4.56. The van der Waals surface area contributed by atoms with Gasteiger partial charge in [-0.3, -0.25) is 4.79 Å². The van der Waals surface area contributed by atoms with Crippen molar-refractivity contribution >= 4 is 17.5 Å². The van der Waals surface area contributed by atoms with Crippen LogP contribution in [0.15, 0.2) is 24.3 Å². The fourth-order valence-electron chi connectivity index (χ4n) is 2.12. The van der Waals surface area contributed by atoms with Gasteiger partial charge in [-0.2, -0.15) is 0 Å². The lowest BCUT2D eigenvalue weighted by molar-refractivity contribution is -0.124. The van der Waals surface area contributed by atoms with Crippen molar-refractivity contribution in [1.82, 2.24) is 10.2 Å². The van der Waals surface area contributed by atoms with Gasteiger partial charge in [0.15, 0.2) is 0 Å². The van der Waals surface area contributed by atoms with Crippen LogP contribution in [0, 0.1) is 5.92 Å². The first kappa shape index (κ1) is 12.4. The maximum absolute atomic E-state index is 11.9. The normalized spacial score (nSPS) is 20.5. The highest BCUT2D eigenvalue weighted by Crippen LogP contribution is 2.16. The quantitative estimate of drug-likeness (QED) is 0.891. The van der Waals surface area contributed by atoms with Gasteiger partial charge in [0, 0.05) is 18.1 Å². The Hall–Kier alpha value is -1.06. The van der Waals surface area contributed by atoms with Gasteiger partial charge >= 0.3 is 0 Å². The van der Waals surface area contributed by atoms with Gasteiger partial charge in [0.25, 0.3) is 0 Å². The molecule has 1 amide bonds. The highest BCUT2D eigenvalue weighted by atomic mass is 35.5. The maximum atomic E-state index is 11.9. The van der Waals surface area contributed by atoms with Crippen LogP contribution >= 0.6 is 11.6 Å². The third-order valence-electron chi connectivity index (χ3n) is 3.17. The molecule has 0 aromatic heterocycles. The number of carbonyl (C=O) groups is 1. The van der Waals surface area contributed by atoms with Gasteiger partial charge in [0.2, 0.25) is 5.91 Å². The summed E-state index contributed by atoms with van der Waals surface area (Å²) >= 11 is 6.03. The van der Waals surface area contributed by atoms with E-state index in [0.717, 1.165) is 25.1 Å². The number of rotatable bonds is 3. The molecule has 1 aromatic rings. The summed E-state index contributed by atoms with van der Waals surface area (Å²) in [5.41, 5.74) is 0.967. The van der Waals surface area contributed by atoms with Crippen molar-refractivity contribution in [1.29, 1.82) is 0 Å². The number of carbonyl (C=O) groups excluding carboxylic acids is 1. The van der Waals surface area contributed by atoms with E-state index in [9.17, 15) is 4.79 Å². The first-order valence-corrected chi connectivity index (χ1v) is 6.24. The minimum Gasteiger partial charge on any atom is -0.352 e. The molecule has 1 aromatic carbocycles. The molecule has 92 valence electrons. The van der Waals surface area contributed by atoms with Gasteiger partial charge in [-0.25, -0.2) is 0 Å². The van der Waals surface area contributed by atoms with Gasteiger partial charge < -0.3 is 10.2 Å². The molecule has 1 heterocycles. The molecule has 1 aliphatic heterocycles. The number of nitrogens with one attached hydrogen (secondary N) is 1. The largest absolute Gasteiger partial charge is 0.352 e. The van der Waals surface area contributed by atoms with Gasteiger partial charge in [-0.1, -0.05) is 29.8 Å². The molecule has 17 heavy (non-hydrogen) atoms. The Labute approximate surface area is 107 Å². The van der Waals surface area contributed by atoms with Gasteiger partial charge in [-0.15, -0.1) is 0 Å². The number of hydrogen-bond acceptors (Lipinski definition) is 2. The van der Waals surface area contributed by atoms with Crippen LogP contribution in [0.1, 0.15) is 12.0 Å². The zero-order valence-corrected chi connectivity index (χ0v) is 10.7. The van der Waals surface area contributed by atoms with E-state index in [4.69, 9.17) is 11.6 Å². The van der Waals surface area contributed by atoms with Gasteiger partial charge in [-0.05, 0) is 31.6 Å². The van der Waals surface area contributed by atoms with Crippen molar-refractivity contribution in [2.45, 2.75) is 13.0 Å². The summed E-state index contributed by atoms with van der Waals surface area (Å²) in [6.45, 7) is 2.37. The zero-order valence-electron chi connectivity index (χ0n) is 9.95. The average Bonchev–Trinajstić information content (AvgIpc) is 2.74. The number of nitrogens with zero attached hydrogens (tertiary/aromatic N) is 1. The lowest BCUT2D eigenvalue weighted by Gasteiger charge is -2.11. The van der Waals surface area contributed by atoms with E-state index < -0.39 is 0 Å². The molecule has 2 rings (SSSR count). The van der Waals surface area contributed by atoms with Crippen molar-refractivity contribution in [2.24, 2.45) is 5.92 Å². The van der Waals surface area contributed by atoms with E-state index in [-0.39, 0.29) is 11.8 Å². The first-order valence-electron chi connectivity index (χ1n) is 5.86. The smallest absolute Gasteiger partial charge is 0.224 e. The predicted molar refractivity (Wildman–Crippen MR) is 68.9 cm³/mol. The van der Waals surface area contributed by atoms with Crippen molar-refractivity contribution < 1.29 is 4.79 Å². The molecule has 0 aliphatic carbocycles. The van der Waals surface area contributed by atoms with Crippen molar-refractivity contribution in [3.05, 3.63) is 34.9 Å². The van der Waals surface area contributed by atoms with Crippen LogP contribution in [0.4, 0.5) is 0 Å². The first-order chi connectivity index (χ1) is 8.16. The number of likely N-dealkylation sites (tertiary alicyclic amines) is 1. The van der Waals surface area contributed by atoms with E-state index in [1.165, 1.54) is 0 Å². The van der Waals surface area contributed by atoms with E-state index >= 15 is 0 Å². The number of amides is 1. The third-order valence-corrected chi connectivity index (χ3v) is 3.54. The third kappa shape index (κ3) is 3.20. The van der Waals surface area contributed by atoms with E-state index in [0.29, 0.717) is 11.6 Å². The molecule has 1 atom stereocenters. The summed E-state index contributed by atoms with van der Waals surface area (Å²) in [7, 11) is 2.04. The lowest BCUT2D eigenvalue weighted by atomic mass is 10.1. The van der Waals surface area contributed by atoms with Gasteiger partial charge in [0.05, 0.1) is 5.92 Å². The van der Waals surface area contributed by atoms with Crippen LogP contribution < -0.4 is 5.32 Å². The Morgan fingerprint density at radius 2 is 2.29 bits per heavy atom. The molecule has 1 unspecified atom stereocenters. The maximum Gasteiger partial charge on any atom is 0.224 e. The van der Waals surface area contributed by atoms with Crippen LogP contribution in [0.25, 0.3) is 0 Å². The summed E-state index contributed by atoms with van der Waals surface area (Å²) in [6.07, 6.45) is 0.949. The Balaban J connectivity index is 1.86. The van der Waals surface area contributed by atoms with Crippen molar-refractivity contribution in [3.63, 3.8) is 0 Å². The minimum atomic E-state index is 0.127. The second-order valence-corrected chi connectivity index (χ2v) is 4.96. The zero-order chi connectivity index (χ0) is 12.3. The summed E-state index contributed by atoms with van der Waals surface area (Å²) in [5, 5.41) is 3.66. The molecule has 1 aliphatic rings. The predicted octanol–water partition coefficient (Wildman–Crippen LogP) is 1.91. The monoisotopic (exact) mass is 252 g/mol. The fourth-order valence-corrected chi connectivity index (χ4v) is 2.32. The minimum absolute atomic E-state index is 0.127. The average molecular weight is 253 g/mol. The molecule has 4 heteroatoms. The molecule has 1 fully saturated rings. The lowest BCUT2D eigenvalue weighted by Crippen LogP contribution is -2.31. The number of hydrogen-bond donors (Lipinski definition) is 1. The molecular formula is C13H17ClN2O. The molecule has 0 bridgehead atoms. The summed E-state index contributed by atoms with van der Waals surface area (Å²) in [4.78, 5) is 14.1. The summed E-state index contributed by atoms with van der Waals surface area (Å²) in [6, 6.07) is 7.59. The van der Waals surface area contributed by atoms with Crippen LogP contribution in [-0.2, 0) is 11.3 Å². The summed E-state index contributed by atoms with van der Waals surface area (Å²) < 4.78 is 0. The molecule has 3 nitrogen and oxygen atoms in total. The van der Waals surface area contributed by atoms with E-state index in [2.05, 4.69) is 10.2 Å². The number of benzene rings is 1. The Morgan fingerprint density at radius 3 is 2.94 bits per heavy atom. The highest BCUT2D eigenvalue weighted by molar-refractivity contribution is 6.31. The SMILES string of the molecule is CN1CCC(C(=O)NCc2ccccc2Cl)C1. The molecule has 0 saturated carbocycles. The molecule has 1 saturated heterocycles. The second kappa shape index (κ2) is 5.52. The Morgan fingerprint density at radius 1 is 1.53 bits per heavy atom. The number of halogens is 1. The standard InChI is InChI=1S/C13H17ClN2O/c1-16-7-6-11(9-16)13(17)15-8-10-4-2-3-5-12(10)14/h2-5,11H,6-9H2,1H3,(H,15,17). The van der Waals surface area contributed by atoms with Crippen LogP contribution in [0.2, 0.25) is 5.02 Å². The van der Waals surface area contributed by atoms with Crippen LogP contribution in [0.3, 0.4) is 0 Å². The molecule has 1 N–H and O–H groups in total. The van der Waals surface area contributed by atoms with E-state index in [1.807, 2.05) is 31.3 Å². The molecule has 0 radical (unpaired) electrons. The molecular weight excluding hydrogens is 236 g/mol. The summed E-state index contributed by atoms with van der Waals surface area (Å²) in [5.74, 6) is 0.261. The Bertz CT molecular complexity index is 408. The Kier molecular flexibility index (Phi) is 4.02. The fraction of sp³-hybridized carbons (Fsp3) is 0.462. The van der Waals surface area contributed by atoms with E-state index in [1.54, 1.807) is 0 Å². The topological polar surface area (TPSA) is 32.3 Å². The van der Waals surface area contributed by atoms with Crippen molar-refractivity contribution in [3.8, 4) is 0 Å². The molecule has 0 spiro atoms.